The molecule has 0 radical (unpaired) electrons. The second-order valence-electron chi connectivity index (χ2n) is 6.02. The highest BCUT2D eigenvalue weighted by molar-refractivity contribution is 7.88. The number of hydrogen-bond acceptors (Lipinski definition) is 5. The van der Waals surface area contributed by atoms with Gasteiger partial charge in [0.1, 0.15) is 5.75 Å². The molecule has 26 heavy (non-hydrogen) atoms. The van der Waals surface area contributed by atoms with Crippen LogP contribution in [0.15, 0.2) is 54.6 Å². The Balaban J connectivity index is 1.79. The molecule has 3 rings (SSSR count). The first-order valence-electron chi connectivity index (χ1n) is 7.91. The van der Waals surface area contributed by atoms with Crippen LogP contribution in [0, 0.1) is 0 Å². The maximum Gasteiger partial charge on any atom is 0.326 e. The number of rotatable bonds is 4. The zero-order valence-electron chi connectivity index (χ0n) is 14.3. The van der Waals surface area contributed by atoms with E-state index in [1.54, 1.807) is 12.1 Å². The molecule has 8 heteroatoms. The Hall–Kier alpha value is -2.87. The van der Waals surface area contributed by atoms with E-state index in [-0.39, 0.29) is 12.3 Å². The molecule has 0 saturated carbocycles. The van der Waals surface area contributed by atoms with Crippen LogP contribution >= 0.6 is 0 Å². The van der Waals surface area contributed by atoms with Gasteiger partial charge in [0.15, 0.2) is 5.25 Å². The lowest BCUT2D eigenvalue weighted by Gasteiger charge is -2.33. The van der Waals surface area contributed by atoms with E-state index in [0.29, 0.717) is 0 Å². The average molecular weight is 374 g/mol. The minimum atomic E-state index is -4.24. The highest BCUT2D eigenvalue weighted by Gasteiger charge is 2.44. The van der Waals surface area contributed by atoms with Crippen LogP contribution in [0.2, 0.25) is 0 Å². The Kier molecular flexibility index (Phi) is 4.69. The molecule has 2 aromatic rings. The lowest BCUT2D eigenvalue weighted by molar-refractivity contribution is -0.129. The molecule has 1 aliphatic heterocycles. The van der Waals surface area contributed by atoms with Crippen LogP contribution in [-0.4, -0.2) is 56.0 Å². The number of urea groups is 1. The molecule has 0 spiro atoms. The Morgan fingerprint density at radius 1 is 0.923 bits per heavy atom. The van der Waals surface area contributed by atoms with E-state index in [0.717, 1.165) is 16.0 Å². The quantitative estimate of drug-likeness (QED) is 0.764. The van der Waals surface area contributed by atoms with Crippen molar-refractivity contribution in [3.8, 4) is 16.9 Å². The monoisotopic (exact) mass is 374 g/mol. The highest BCUT2D eigenvalue weighted by atomic mass is 32.2. The molecule has 7 nitrogen and oxygen atoms in total. The fraction of sp³-hybridized carbons (Fsp3) is 0.222. The van der Waals surface area contributed by atoms with Crippen LogP contribution in [-0.2, 0) is 14.9 Å². The van der Waals surface area contributed by atoms with E-state index in [4.69, 9.17) is 4.18 Å². The molecule has 1 unspecified atom stereocenters. The van der Waals surface area contributed by atoms with E-state index < -0.39 is 27.3 Å². The molecule has 0 N–H and O–H groups in total. The van der Waals surface area contributed by atoms with Gasteiger partial charge in [-0.3, -0.25) is 9.69 Å². The summed E-state index contributed by atoms with van der Waals surface area (Å²) in [5, 5.41) is -1.45. The van der Waals surface area contributed by atoms with Gasteiger partial charge in [-0.1, -0.05) is 42.5 Å². The molecular formula is C18H18N2O5S. The smallest absolute Gasteiger partial charge is 0.326 e. The van der Waals surface area contributed by atoms with Crippen LogP contribution in [0.1, 0.15) is 0 Å². The van der Waals surface area contributed by atoms with Gasteiger partial charge in [-0.2, -0.15) is 8.42 Å². The summed E-state index contributed by atoms with van der Waals surface area (Å²) in [6.07, 6.45) is 0. The third-order valence-electron chi connectivity index (χ3n) is 4.18. The second-order valence-corrected chi connectivity index (χ2v) is 7.74. The van der Waals surface area contributed by atoms with Crippen molar-refractivity contribution in [3.63, 3.8) is 0 Å². The van der Waals surface area contributed by atoms with Crippen molar-refractivity contribution in [2.24, 2.45) is 0 Å². The zero-order chi connectivity index (χ0) is 18.9. The van der Waals surface area contributed by atoms with Crippen LogP contribution in [0.3, 0.4) is 0 Å². The van der Waals surface area contributed by atoms with Gasteiger partial charge in [0.05, 0.1) is 6.54 Å². The summed E-state index contributed by atoms with van der Waals surface area (Å²) in [6.45, 7) is -0.244. The number of benzene rings is 2. The fourth-order valence-electron chi connectivity index (χ4n) is 2.71. The van der Waals surface area contributed by atoms with Crippen molar-refractivity contribution in [2.75, 3.05) is 20.6 Å². The molecule has 1 fully saturated rings. The van der Waals surface area contributed by atoms with Gasteiger partial charge in [0, 0.05) is 14.1 Å². The summed E-state index contributed by atoms with van der Waals surface area (Å²) in [4.78, 5) is 25.9. The molecule has 2 aromatic carbocycles. The number of nitrogens with zero attached hydrogens (tertiary/aromatic N) is 2. The van der Waals surface area contributed by atoms with E-state index in [1.807, 2.05) is 30.3 Å². The summed E-state index contributed by atoms with van der Waals surface area (Å²) in [6, 6.07) is 15.6. The second kappa shape index (κ2) is 6.80. The van der Waals surface area contributed by atoms with Gasteiger partial charge < -0.3 is 9.08 Å². The SMILES string of the molecule is CN1CC(S(=O)(=O)Oc2ccc(-c3ccccc3)cc2)C(=O)N(C)C1=O. The number of amides is 3. The third kappa shape index (κ3) is 3.41. The van der Waals surface area contributed by atoms with Crippen LogP contribution in [0.25, 0.3) is 11.1 Å². The summed E-state index contributed by atoms with van der Waals surface area (Å²) >= 11 is 0. The molecule has 1 saturated heterocycles. The van der Waals surface area contributed by atoms with E-state index in [1.165, 1.54) is 31.1 Å². The molecule has 0 aromatic heterocycles. The standard InChI is InChI=1S/C18H18N2O5S/c1-19-12-16(17(21)20(2)18(19)22)26(23,24)25-15-10-8-14(9-11-15)13-6-4-3-5-7-13/h3-11,16H,12H2,1-2H3. The molecule has 1 atom stereocenters. The van der Waals surface area contributed by atoms with Crippen molar-refractivity contribution in [1.82, 2.24) is 9.80 Å². The van der Waals surface area contributed by atoms with Gasteiger partial charge in [-0.25, -0.2) is 4.79 Å². The van der Waals surface area contributed by atoms with Gasteiger partial charge in [0.2, 0.25) is 0 Å². The molecule has 1 aliphatic rings. The fourth-order valence-corrected chi connectivity index (χ4v) is 4.02. The summed E-state index contributed by atoms with van der Waals surface area (Å²) in [5.74, 6) is -0.686. The van der Waals surface area contributed by atoms with E-state index in [9.17, 15) is 18.0 Å². The Morgan fingerprint density at radius 3 is 2.12 bits per heavy atom. The number of hydrogen-bond donors (Lipinski definition) is 0. The topological polar surface area (TPSA) is 84.0 Å². The van der Waals surface area contributed by atoms with Crippen molar-refractivity contribution in [1.29, 1.82) is 0 Å². The minimum Gasteiger partial charge on any atom is -0.382 e. The average Bonchev–Trinajstić information content (AvgIpc) is 2.64. The summed E-state index contributed by atoms with van der Waals surface area (Å²) < 4.78 is 30.1. The van der Waals surface area contributed by atoms with Gasteiger partial charge in [0.25, 0.3) is 5.91 Å². The first-order chi connectivity index (χ1) is 12.3. The molecule has 3 amide bonds. The van der Waals surface area contributed by atoms with Gasteiger partial charge in [-0.15, -0.1) is 0 Å². The minimum absolute atomic E-state index is 0.111. The maximum absolute atomic E-state index is 12.5. The predicted octanol–water partition coefficient (Wildman–Crippen LogP) is 1.95. The largest absolute Gasteiger partial charge is 0.382 e. The maximum atomic E-state index is 12.5. The first-order valence-corrected chi connectivity index (χ1v) is 9.38. The van der Waals surface area contributed by atoms with Gasteiger partial charge in [-0.05, 0) is 23.3 Å². The predicted molar refractivity (Wildman–Crippen MR) is 96.0 cm³/mol. The van der Waals surface area contributed by atoms with Crippen LogP contribution in [0.4, 0.5) is 4.79 Å². The molecule has 0 bridgehead atoms. The lowest BCUT2D eigenvalue weighted by atomic mass is 10.1. The number of carbonyl (C=O) groups excluding carboxylic acids is 2. The van der Waals surface area contributed by atoms with Crippen LogP contribution < -0.4 is 4.18 Å². The zero-order valence-corrected chi connectivity index (χ0v) is 15.1. The van der Waals surface area contributed by atoms with Crippen molar-refractivity contribution in [2.45, 2.75) is 5.25 Å². The van der Waals surface area contributed by atoms with Crippen LogP contribution in [0.5, 0.6) is 5.75 Å². The highest BCUT2D eigenvalue weighted by Crippen LogP contribution is 2.24. The lowest BCUT2D eigenvalue weighted by Crippen LogP contribution is -2.59. The van der Waals surface area contributed by atoms with E-state index >= 15 is 0 Å². The van der Waals surface area contributed by atoms with Gasteiger partial charge >= 0.3 is 16.1 Å². The third-order valence-corrected chi connectivity index (χ3v) is 5.65. The molecule has 0 aliphatic carbocycles. The van der Waals surface area contributed by atoms with Crippen molar-refractivity contribution < 1.29 is 22.2 Å². The molecular weight excluding hydrogens is 356 g/mol. The van der Waals surface area contributed by atoms with E-state index in [2.05, 4.69) is 0 Å². The molecule has 1 heterocycles. The summed E-state index contributed by atoms with van der Waals surface area (Å²) in [5.41, 5.74) is 1.90. The summed E-state index contributed by atoms with van der Waals surface area (Å²) in [7, 11) is -1.56. The Labute approximate surface area is 151 Å². The number of carbonyl (C=O) groups is 2. The normalized spacial score (nSPS) is 18.2. The Morgan fingerprint density at radius 2 is 1.50 bits per heavy atom. The first kappa shape index (κ1) is 17.9. The van der Waals surface area contributed by atoms with Crippen molar-refractivity contribution >= 4 is 22.1 Å². The number of imide groups is 1. The molecule has 136 valence electrons. The Bertz CT molecular complexity index is 926. The van der Waals surface area contributed by atoms with Crippen molar-refractivity contribution in [3.05, 3.63) is 54.6 Å².